The molecule has 0 amide bonds. The fourth-order valence-electron chi connectivity index (χ4n) is 4.93. The summed E-state index contributed by atoms with van der Waals surface area (Å²) in [6.07, 6.45) is 8.53. The van der Waals surface area contributed by atoms with Crippen molar-refractivity contribution in [2.45, 2.75) is 44.6 Å². The van der Waals surface area contributed by atoms with E-state index in [9.17, 15) is 0 Å². The summed E-state index contributed by atoms with van der Waals surface area (Å²) in [5, 5.41) is 12.4. The summed E-state index contributed by atoms with van der Waals surface area (Å²) in [7, 11) is 0. The van der Waals surface area contributed by atoms with E-state index in [0.717, 1.165) is 49.3 Å². The molecule has 3 aliphatic carbocycles. The Hall–Kier alpha value is -0.120. The average Bonchev–Trinajstić information content (AvgIpc) is 3.04. The third kappa shape index (κ3) is 2.45. The quantitative estimate of drug-likeness (QED) is 0.680. The number of aliphatic hydroxyl groups is 1. The Morgan fingerprint density at radius 2 is 1.94 bits per heavy atom. The molecule has 0 aliphatic heterocycles. The van der Waals surface area contributed by atoms with Gasteiger partial charge < -0.3 is 15.2 Å². The lowest BCUT2D eigenvalue weighted by atomic mass is 9.79. The second-order valence-electron chi connectivity index (χ2n) is 6.40. The van der Waals surface area contributed by atoms with Gasteiger partial charge in [0.15, 0.2) is 0 Å². The predicted octanol–water partition coefficient (Wildman–Crippen LogP) is 1.80. The van der Waals surface area contributed by atoms with Crippen molar-refractivity contribution in [3.8, 4) is 0 Å². The van der Waals surface area contributed by atoms with Crippen LogP contribution in [0.5, 0.6) is 0 Å². The normalized spacial score (nSPS) is 41.5. The average molecular weight is 253 g/mol. The Morgan fingerprint density at radius 1 is 1.06 bits per heavy atom. The minimum Gasteiger partial charge on any atom is -0.394 e. The van der Waals surface area contributed by atoms with Gasteiger partial charge in [0.05, 0.1) is 13.2 Å². The maximum atomic E-state index is 8.61. The summed E-state index contributed by atoms with van der Waals surface area (Å²) in [4.78, 5) is 0. The van der Waals surface area contributed by atoms with Gasteiger partial charge >= 0.3 is 0 Å². The fourth-order valence-corrected chi connectivity index (χ4v) is 4.93. The molecule has 0 aromatic rings. The number of rotatable bonds is 7. The minimum atomic E-state index is 0.142. The standard InChI is InChI=1S/C15H27NO2/c17-6-8-18-7-2-5-16-15-10-11-9-14(15)13-4-1-3-12(11)13/h11-17H,1-10H2. The first-order chi connectivity index (χ1) is 8.90. The summed E-state index contributed by atoms with van der Waals surface area (Å²) in [5.74, 6) is 4.19. The minimum absolute atomic E-state index is 0.142. The van der Waals surface area contributed by atoms with E-state index in [-0.39, 0.29) is 6.61 Å². The molecule has 0 aromatic heterocycles. The Balaban J connectivity index is 1.35. The second-order valence-corrected chi connectivity index (χ2v) is 6.40. The summed E-state index contributed by atoms with van der Waals surface area (Å²) in [6, 6.07) is 0.798. The highest BCUT2D eigenvalue weighted by Gasteiger charge is 2.53. The first-order valence-corrected chi connectivity index (χ1v) is 7.82. The zero-order chi connectivity index (χ0) is 12.4. The molecule has 3 fully saturated rings. The summed E-state index contributed by atoms with van der Waals surface area (Å²) in [6.45, 7) is 2.48. The zero-order valence-corrected chi connectivity index (χ0v) is 11.3. The molecule has 0 spiro atoms. The number of hydrogen-bond donors (Lipinski definition) is 2. The van der Waals surface area contributed by atoms with E-state index in [4.69, 9.17) is 9.84 Å². The molecule has 5 unspecified atom stereocenters. The number of aliphatic hydroxyl groups excluding tert-OH is 1. The van der Waals surface area contributed by atoms with Crippen molar-refractivity contribution in [1.29, 1.82) is 0 Å². The van der Waals surface area contributed by atoms with Crippen molar-refractivity contribution in [1.82, 2.24) is 5.32 Å². The van der Waals surface area contributed by atoms with Gasteiger partial charge in [0, 0.05) is 12.6 Å². The molecule has 2 bridgehead atoms. The van der Waals surface area contributed by atoms with Gasteiger partial charge in [-0.25, -0.2) is 0 Å². The lowest BCUT2D eigenvalue weighted by Crippen LogP contribution is -2.39. The molecular weight excluding hydrogens is 226 g/mol. The van der Waals surface area contributed by atoms with E-state index in [1.807, 2.05) is 0 Å². The highest BCUT2D eigenvalue weighted by Crippen LogP contribution is 2.58. The van der Waals surface area contributed by atoms with E-state index < -0.39 is 0 Å². The van der Waals surface area contributed by atoms with Crippen LogP contribution in [0, 0.1) is 23.7 Å². The van der Waals surface area contributed by atoms with Crippen molar-refractivity contribution in [2.24, 2.45) is 23.7 Å². The predicted molar refractivity (Wildman–Crippen MR) is 71.4 cm³/mol. The van der Waals surface area contributed by atoms with E-state index in [1.54, 1.807) is 0 Å². The molecular formula is C15H27NO2. The Bertz CT molecular complexity index is 271. The van der Waals surface area contributed by atoms with Gasteiger partial charge in [0.2, 0.25) is 0 Å². The third-order valence-electron chi connectivity index (χ3n) is 5.54. The van der Waals surface area contributed by atoms with Crippen LogP contribution in [0.3, 0.4) is 0 Å². The number of nitrogens with one attached hydrogen (secondary N) is 1. The van der Waals surface area contributed by atoms with Crippen LogP contribution in [0.4, 0.5) is 0 Å². The number of fused-ring (bicyclic) bond motifs is 5. The lowest BCUT2D eigenvalue weighted by molar-refractivity contribution is 0.0895. The highest BCUT2D eigenvalue weighted by molar-refractivity contribution is 5.05. The van der Waals surface area contributed by atoms with Gasteiger partial charge in [-0.15, -0.1) is 0 Å². The molecule has 3 rings (SSSR count). The molecule has 3 saturated carbocycles. The molecule has 0 saturated heterocycles. The van der Waals surface area contributed by atoms with Crippen LogP contribution in [0.1, 0.15) is 38.5 Å². The molecule has 104 valence electrons. The molecule has 3 heteroatoms. The van der Waals surface area contributed by atoms with Crippen molar-refractivity contribution in [3.05, 3.63) is 0 Å². The van der Waals surface area contributed by atoms with Crippen molar-refractivity contribution >= 4 is 0 Å². The molecule has 3 aliphatic rings. The van der Waals surface area contributed by atoms with Crippen LogP contribution in [-0.2, 0) is 4.74 Å². The smallest absolute Gasteiger partial charge is 0.0697 e. The molecule has 18 heavy (non-hydrogen) atoms. The molecule has 0 heterocycles. The van der Waals surface area contributed by atoms with Gasteiger partial charge in [-0.2, -0.15) is 0 Å². The fraction of sp³-hybridized carbons (Fsp3) is 1.00. The SMILES string of the molecule is OCCOCCCNC1CC2CC1C1CCCC21. The van der Waals surface area contributed by atoms with E-state index in [0.29, 0.717) is 6.61 Å². The largest absolute Gasteiger partial charge is 0.394 e. The number of hydrogen-bond acceptors (Lipinski definition) is 3. The van der Waals surface area contributed by atoms with Gasteiger partial charge in [0.25, 0.3) is 0 Å². The second kappa shape index (κ2) is 5.89. The van der Waals surface area contributed by atoms with Gasteiger partial charge in [-0.1, -0.05) is 6.42 Å². The van der Waals surface area contributed by atoms with Crippen LogP contribution >= 0.6 is 0 Å². The van der Waals surface area contributed by atoms with Crippen LogP contribution in [0.15, 0.2) is 0 Å². The van der Waals surface area contributed by atoms with Crippen LogP contribution in [-0.4, -0.2) is 37.5 Å². The first-order valence-electron chi connectivity index (χ1n) is 7.82. The van der Waals surface area contributed by atoms with Crippen molar-refractivity contribution < 1.29 is 9.84 Å². The first kappa shape index (κ1) is 12.9. The van der Waals surface area contributed by atoms with Crippen LogP contribution in [0.2, 0.25) is 0 Å². The molecule has 5 atom stereocenters. The number of ether oxygens (including phenoxy) is 1. The van der Waals surface area contributed by atoms with Gasteiger partial charge in [0.1, 0.15) is 0 Å². The van der Waals surface area contributed by atoms with Gasteiger partial charge in [-0.3, -0.25) is 0 Å². The van der Waals surface area contributed by atoms with Gasteiger partial charge in [-0.05, 0) is 62.3 Å². The van der Waals surface area contributed by atoms with Crippen LogP contribution in [0.25, 0.3) is 0 Å². The van der Waals surface area contributed by atoms with Crippen molar-refractivity contribution in [3.63, 3.8) is 0 Å². The van der Waals surface area contributed by atoms with Crippen molar-refractivity contribution in [2.75, 3.05) is 26.4 Å². The van der Waals surface area contributed by atoms with E-state index >= 15 is 0 Å². The van der Waals surface area contributed by atoms with E-state index in [1.165, 1.54) is 32.1 Å². The summed E-state index contributed by atoms with van der Waals surface area (Å²) in [5.41, 5.74) is 0. The Labute approximate surface area is 110 Å². The summed E-state index contributed by atoms with van der Waals surface area (Å²) >= 11 is 0. The molecule has 2 N–H and O–H groups in total. The lowest BCUT2D eigenvalue weighted by Gasteiger charge is -2.32. The highest BCUT2D eigenvalue weighted by atomic mass is 16.5. The summed E-state index contributed by atoms with van der Waals surface area (Å²) < 4.78 is 5.29. The molecule has 0 aromatic carbocycles. The maximum Gasteiger partial charge on any atom is 0.0697 e. The molecule has 0 radical (unpaired) electrons. The van der Waals surface area contributed by atoms with E-state index in [2.05, 4.69) is 5.32 Å². The Morgan fingerprint density at radius 3 is 2.83 bits per heavy atom. The monoisotopic (exact) mass is 253 g/mol. The molecule has 3 nitrogen and oxygen atoms in total. The zero-order valence-electron chi connectivity index (χ0n) is 11.3. The topological polar surface area (TPSA) is 41.5 Å². The third-order valence-corrected chi connectivity index (χ3v) is 5.54. The van der Waals surface area contributed by atoms with Crippen LogP contribution < -0.4 is 5.32 Å². The Kier molecular flexibility index (Phi) is 4.22. The maximum absolute atomic E-state index is 8.61.